The van der Waals surface area contributed by atoms with Gasteiger partial charge in [-0.1, -0.05) is 24.3 Å². The van der Waals surface area contributed by atoms with E-state index in [1.54, 1.807) is 17.2 Å². The molecule has 5 nitrogen and oxygen atoms in total. The van der Waals surface area contributed by atoms with Crippen LogP contribution in [0, 0.1) is 0 Å². The van der Waals surface area contributed by atoms with Crippen molar-refractivity contribution in [2.45, 2.75) is 25.2 Å². The van der Waals surface area contributed by atoms with Gasteiger partial charge in [0.2, 0.25) is 5.91 Å². The minimum atomic E-state index is 0.0571. The van der Waals surface area contributed by atoms with Crippen LogP contribution in [0.2, 0.25) is 0 Å². The molecule has 0 fully saturated rings. The van der Waals surface area contributed by atoms with Crippen molar-refractivity contribution in [3.63, 3.8) is 0 Å². The van der Waals surface area contributed by atoms with Crippen LogP contribution in [0.5, 0.6) is 0 Å². The Hall–Kier alpha value is -2.95. The highest BCUT2D eigenvalue weighted by Gasteiger charge is 2.24. The lowest BCUT2D eigenvalue weighted by molar-refractivity contribution is -0.116. The van der Waals surface area contributed by atoms with Gasteiger partial charge in [0.15, 0.2) is 0 Å². The molecule has 0 saturated carbocycles. The topological polar surface area (TPSA) is 59.8 Å². The molecule has 0 radical (unpaired) electrons. The first-order valence-electron chi connectivity index (χ1n) is 8.14. The van der Waals surface area contributed by atoms with Crippen LogP contribution in [0.25, 0.3) is 5.69 Å². The summed E-state index contributed by atoms with van der Waals surface area (Å²) in [6, 6.07) is 16.0. The standard InChI is InChI=1S/C19H18N4O/c24-19(13-15-6-5-14-3-1-2-4-18(14)15)22-16-7-9-17(10-8-16)23-20-11-12-21-23/h1-4,7-12,15H,5-6,13H2,(H,22,24). The molecule has 1 amide bonds. The molecule has 120 valence electrons. The van der Waals surface area contributed by atoms with Crippen molar-refractivity contribution in [1.29, 1.82) is 0 Å². The van der Waals surface area contributed by atoms with Gasteiger partial charge in [0.1, 0.15) is 0 Å². The van der Waals surface area contributed by atoms with Crippen molar-refractivity contribution in [3.8, 4) is 5.69 Å². The van der Waals surface area contributed by atoms with Gasteiger partial charge in [0.05, 0.1) is 18.1 Å². The van der Waals surface area contributed by atoms with Gasteiger partial charge in [-0.2, -0.15) is 15.0 Å². The normalized spacial score (nSPS) is 15.9. The monoisotopic (exact) mass is 318 g/mol. The molecule has 3 aromatic rings. The maximum Gasteiger partial charge on any atom is 0.224 e. The first-order chi connectivity index (χ1) is 11.8. The lowest BCUT2D eigenvalue weighted by Crippen LogP contribution is -2.14. The fourth-order valence-corrected chi connectivity index (χ4v) is 3.32. The number of carbonyl (C=O) groups is 1. The summed E-state index contributed by atoms with van der Waals surface area (Å²) >= 11 is 0. The Balaban J connectivity index is 1.40. The molecular formula is C19H18N4O. The van der Waals surface area contributed by atoms with Crippen LogP contribution in [0.1, 0.15) is 29.9 Å². The smallest absolute Gasteiger partial charge is 0.224 e. The first kappa shape index (κ1) is 14.6. The van der Waals surface area contributed by atoms with Gasteiger partial charge in [0.25, 0.3) is 0 Å². The lowest BCUT2D eigenvalue weighted by atomic mass is 9.97. The van der Waals surface area contributed by atoms with Gasteiger partial charge in [-0.25, -0.2) is 0 Å². The number of aryl methyl sites for hydroxylation is 1. The molecule has 1 aromatic heterocycles. The largest absolute Gasteiger partial charge is 0.326 e. The van der Waals surface area contributed by atoms with Gasteiger partial charge in [0, 0.05) is 12.1 Å². The average molecular weight is 318 g/mol. The molecule has 0 saturated heterocycles. The number of hydrogen-bond acceptors (Lipinski definition) is 3. The third-order valence-electron chi connectivity index (χ3n) is 4.49. The molecule has 1 aliphatic rings. The van der Waals surface area contributed by atoms with Crippen molar-refractivity contribution >= 4 is 11.6 Å². The third kappa shape index (κ3) is 2.93. The number of nitrogens with one attached hydrogen (secondary N) is 1. The Morgan fingerprint density at radius 2 is 1.83 bits per heavy atom. The number of aromatic nitrogens is 3. The SMILES string of the molecule is O=C(CC1CCc2ccccc21)Nc1ccc(-n2nccn2)cc1. The Morgan fingerprint density at radius 3 is 2.62 bits per heavy atom. The molecule has 1 heterocycles. The van der Waals surface area contributed by atoms with E-state index in [1.165, 1.54) is 11.1 Å². The number of benzene rings is 2. The highest BCUT2D eigenvalue weighted by Crippen LogP contribution is 2.35. The van der Waals surface area contributed by atoms with Crippen molar-refractivity contribution in [1.82, 2.24) is 15.0 Å². The van der Waals surface area contributed by atoms with Crippen LogP contribution in [0.4, 0.5) is 5.69 Å². The Kier molecular flexibility index (Phi) is 3.83. The third-order valence-corrected chi connectivity index (χ3v) is 4.49. The van der Waals surface area contributed by atoms with E-state index in [9.17, 15) is 4.79 Å². The maximum atomic E-state index is 12.4. The summed E-state index contributed by atoms with van der Waals surface area (Å²) in [6.45, 7) is 0. The first-order valence-corrected chi connectivity index (χ1v) is 8.14. The van der Waals surface area contributed by atoms with Crippen LogP contribution >= 0.6 is 0 Å². The molecule has 0 bridgehead atoms. The van der Waals surface area contributed by atoms with Gasteiger partial charge < -0.3 is 5.32 Å². The number of hydrogen-bond donors (Lipinski definition) is 1. The number of anilines is 1. The summed E-state index contributed by atoms with van der Waals surface area (Å²) in [5.74, 6) is 0.385. The number of amides is 1. The summed E-state index contributed by atoms with van der Waals surface area (Å²) in [5.41, 5.74) is 4.36. The zero-order chi connectivity index (χ0) is 16.4. The predicted octanol–water partition coefficient (Wildman–Crippen LogP) is 3.33. The van der Waals surface area contributed by atoms with Crippen molar-refractivity contribution < 1.29 is 4.79 Å². The van der Waals surface area contributed by atoms with E-state index in [2.05, 4.69) is 39.8 Å². The van der Waals surface area contributed by atoms with Gasteiger partial charge in [-0.05, 0) is 54.2 Å². The van der Waals surface area contributed by atoms with Crippen molar-refractivity contribution in [2.24, 2.45) is 0 Å². The van der Waals surface area contributed by atoms with E-state index < -0.39 is 0 Å². The van der Waals surface area contributed by atoms with E-state index in [4.69, 9.17) is 0 Å². The zero-order valence-electron chi connectivity index (χ0n) is 13.2. The second-order valence-electron chi connectivity index (χ2n) is 6.05. The quantitative estimate of drug-likeness (QED) is 0.802. The zero-order valence-corrected chi connectivity index (χ0v) is 13.2. The molecule has 24 heavy (non-hydrogen) atoms. The number of rotatable bonds is 4. The second-order valence-corrected chi connectivity index (χ2v) is 6.05. The lowest BCUT2D eigenvalue weighted by Gasteiger charge is -2.12. The molecule has 0 aliphatic heterocycles. The maximum absolute atomic E-state index is 12.4. The van der Waals surface area contributed by atoms with E-state index in [1.807, 2.05) is 24.3 Å². The molecule has 1 atom stereocenters. The highest BCUT2D eigenvalue weighted by atomic mass is 16.1. The average Bonchev–Trinajstić information content (AvgIpc) is 3.26. The minimum Gasteiger partial charge on any atom is -0.326 e. The van der Waals surface area contributed by atoms with Crippen LogP contribution in [0.3, 0.4) is 0 Å². The molecular weight excluding hydrogens is 300 g/mol. The van der Waals surface area contributed by atoms with Crippen molar-refractivity contribution in [2.75, 3.05) is 5.32 Å². The molecule has 0 spiro atoms. The summed E-state index contributed by atoms with van der Waals surface area (Å²) in [4.78, 5) is 13.9. The molecule has 4 rings (SSSR count). The number of fused-ring (bicyclic) bond motifs is 1. The van der Waals surface area contributed by atoms with Crippen LogP contribution in [-0.2, 0) is 11.2 Å². The van der Waals surface area contributed by atoms with Gasteiger partial charge in [-0.3, -0.25) is 4.79 Å². The van der Waals surface area contributed by atoms with E-state index in [-0.39, 0.29) is 5.91 Å². The van der Waals surface area contributed by atoms with E-state index in [0.717, 1.165) is 24.2 Å². The summed E-state index contributed by atoms with van der Waals surface area (Å²) in [7, 11) is 0. The molecule has 1 aliphatic carbocycles. The second kappa shape index (κ2) is 6.28. The Morgan fingerprint density at radius 1 is 1.08 bits per heavy atom. The predicted molar refractivity (Wildman–Crippen MR) is 92.1 cm³/mol. The highest BCUT2D eigenvalue weighted by molar-refractivity contribution is 5.91. The van der Waals surface area contributed by atoms with Crippen molar-refractivity contribution in [3.05, 3.63) is 72.1 Å². The van der Waals surface area contributed by atoms with Crippen LogP contribution < -0.4 is 5.32 Å². The fraction of sp³-hybridized carbons (Fsp3) is 0.211. The van der Waals surface area contributed by atoms with Crippen LogP contribution in [-0.4, -0.2) is 20.9 Å². The van der Waals surface area contributed by atoms with Crippen LogP contribution in [0.15, 0.2) is 60.9 Å². The van der Waals surface area contributed by atoms with E-state index >= 15 is 0 Å². The van der Waals surface area contributed by atoms with Gasteiger partial charge >= 0.3 is 0 Å². The Bertz CT molecular complexity index is 840. The molecule has 1 N–H and O–H groups in total. The minimum absolute atomic E-state index is 0.0571. The van der Waals surface area contributed by atoms with E-state index in [0.29, 0.717) is 12.3 Å². The summed E-state index contributed by atoms with van der Waals surface area (Å²) in [6.07, 6.45) is 5.92. The number of carbonyl (C=O) groups excluding carboxylic acids is 1. The Labute approximate surface area is 140 Å². The molecule has 5 heteroatoms. The molecule has 2 aromatic carbocycles. The summed E-state index contributed by atoms with van der Waals surface area (Å²) < 4.78 is 0. The fourth-order valence-electron chi connectivity index (χ4n) is 3.32. The molecule has 1 unspecified atom stereocenters. The number of nitrogens with zero attached hydrogens (tertiary/aromatic N) is 3. The van der Waals surface area contributed by atoms with Gasteiger partial charge in [-0.15, -0.1) is 0 Å². The summed E-state index contributed by atoms with van der Waals surface area (Å²) in [5, 5.41) is 11.2.